The first-order valence-electron chi connectivity index (χ1n) is 6.50. The van der Waals surface area contributed by atoms with Crippen LogP contribution in [0.1, 0.15) is 31.2 Å². The Morgan fingerprint density at radius 3 is 2.85 bits per heavy atom. The lowest BCUT2D eigenvalue weighted by atomic mass is 9.91. The number of aromatic nitrogens is 1. The second-order valence-corrected chi connectivity index (χ2v) is 4.97. The summed E-state index contributed by atoms with van der Waals surface area (Å²) in [6, 6.07) is 2.88. The first-order valence-corrected chi connectivity index (χ1v) is 6.50. The van der Waals surface area contributed by atoms with Crippen LogP contribution in [0.2, 0.25) is 0 Å². The summed E-state index contributed by atoms with van der Waals surface area (Å²) in [5.74, 6) is 0.194. The lowest BCUT2D eigenvalue weighted by Gasteiger charge is -2.35. The molecule has 7 nitrogen and oxygen atoms in total. The summed E-state index contributed by atoms with van der Waals surface area (Å²) in [6.07, 6.45) is 4.22. The number of hydrogen-bond donors (Lipinski definition) is 1. The molecule has 0 amide bonds. The third-order valence-electron chi connectivity index (χ3n) is 3.70. The van der Waals surface area contributed by atoms with Gasteiger partial charge in [0.2, 0.25) is 5.82 Å². The molecule has 0 aromatic carbocycles. The highest BCUT2D eigenvalue weighted by molar-refractivity contribution is 5.60. The maximum Gasteiger partial charge on any atom is 0.312 e. The Kier molecular flexibility index (Phi) is 4.15. The number of pyridine rings is 1. The average molecular weight is 276 g/mol. The Balaban J connectivity index is 2.36. The molecule has 1 aliphatic rings. The Morgan fingerprint density at radius 1 is 1.55 bits per heavy atom. The van der Waals surface area contributed by atoms with Crippen LogP contribution in [-0.2, 0) is 0 Å². The van der Waals surface area contributed by atoms with Crippen molar-refractivity contribution in [1.29, 1.82) is 5.26 Å². The third-order valence-corrected chi connectivity index (χ3v) is 3.70. The van der Waals surface area contributed by atoms with E-state index in [0.29, 0.717) is 6.42 Å². The first kappa shape index (κ1) is 14.2. The van der Waals surface area contributed by atoms with Gasteiger partial charge in [0.05, 0.1) is 22.6 Å². The fraction of sp³-hybridized carbons (Fsp3) is 0.538. The number of nitrogens with zero attached hydrogens (tertiary/aromatic N) is 4. The monoisotopic (exact) mass is 276 g/mol. The first-order chi connectivity index (χ1) is 9.54. The molecule has 0 spiro atoms. The Bertz CT molecular complexity index is 555. The van der Waals surface area contributed by atoms with Crippen LogP contribution >= 0.6 is 0 Å². The van der Waals surface area contributed by atoms with Gasteiger partial charge in [-0.2, -0.15) is 5.26 Å². The molecule has 0 aliphatic heterocycles. The molecule has 0 saturated heterocycles. The van der Waals surface area contributed by atoms with E-state index in [1.165, 1.54) is 12.3 Å². The van der Waals surface area contributed by atoms with Gasteiger partial charge in [0, 0.05) is 19.3 Å². The number of aliphatic hydroxyl groups is 1. The van der Waals surface area contributed by atoms with Gasteiger partial charge in [-0.05, 0) is 12.8 Å². The number of hydrogen-bond acceptors (Lipinski definition) is 6. The standard InChI is InChI=1S/C13H16N4O3/c1-16(10-4-2-3-5-12(10)18)13-11(17(19)20)6-9(7-14)8-15-13/h6,8,10,12,18H,2-5H2,1H3. The minimum Gasteiger partial charge on any atom is -0.391 e. The Labute approximate surface area is 116 Å². The molecule has 2 rings (SSSR count). The smallest absolute Gasteiger partial charge is 0.312 e. The maximum absolute atomic E-state index is 11.1. The normalized spacial score (nSPS) is 22.1. The summed E-state index contributed by atoms with van der Waals surface area (Å²) in [7, 11) is 1.70. The molecule has 0 radical (unpaired) electrons. The highest BCUT2D eigenvalue weighted by atomic mass is 16.6. The molecule has 1 heterocycles. The number of nitriles is 1. The molecule has 1 fully saturated rings. The summed E-state index contributed by atoms with van der Waals surface area (Å²) in [4.78, 5) is 16.3. The Morgan fingerprint density at radius 2 is 2.25 bits per heavy atom. The van der Waals surface area contributed by atoms with Gasteiger partial charge in [-0.3, -0.25) is 10.1 Å². The predicted molar refractivity (Wildman–Crippen MR) is 72.3 cm³/mol. The zero-order chi connectivity index (χ0) is 14.7. The SMILES string of the molecule is CN(c1ncc(C#N)cc1[N+](=O)[O-])C1CCCCC1O. The second kappa shape index (κ2) is 5.84. The van der Waals surface area contributed by atoms with Gasteiger partial charge in [0.1, 0.15) is 6.07 Å². The molecule has 2 unspecified atom stereocenters. The van der Waals surface area contributed by atoms with E-state index >= 15 is 0 Å². The van der Waals surface area contributed by atoms with Crippen LogP contribution in [0.15, 0.2) is 12.3 Å². The van der Waals surface area contributed by atoms with E-state index in [-0.39, 0.29) is 23.1 Å². The molecule has 1 aromatic heterocycles. The molecule has 1 aliphatic carbocycles. The van der Waals surface area contributed by atoms with Crippen molar-refractivity contribution in [3.63, 3.8) is 0 Å². The van der Waals surface area contributed by atoms with Crippen molar-refractivity contribution < 1.29 is 10.0 Å². The van der Waals surface area contributed by atoms with Gasteiger partial charge in [-0.1, -0.05) is 12.8 Å². The molecular weight excluding hydrogens is 260 g/mol. The molecule has 1 aromatic rings. The zero-order valence-corrected chi connectivity index (χ0v) is 11.2. The fourth-order valence-electron chi connectivity index (χ4n) is 2.61. The third kappa shape index (κ3) is 2.70. The molecule has 0 bridgehead atoms. The largest absolute Gasteiger partial charge is 0.391 e. The fourth-order valence-corrected chi connectivity index (χ4v) is 2.61. The van der Waals surface area contributed by atoms with Crippen LogP contribution in [0.3, 0.4) is 0 Å². The number of rotatable bonds is 3. The predicted octanol–water partition coefficient (Wildman–Crippen LogP) is 1.60. The minimum absolute atomic E-state index is 0.151. The van der Waals surface area contributed by atoms with Crippen LogP contribution in [0.4, 0.5) is 11.5 Å². The summed E-state index contributed by atoms with van der Waals surface area (Å²) < 4.78 is 0. The minimum atomic E-state index is -0.547. The highest BCUT2D eigenvalue weighted by Gasteiger charge is 2.31. The van der Waals surface area contributed by atoms with Gasteiger partial charge in [0.25, 0.3) is 0 Å². The lowest BCUT2D eigenvalue weighted by Crippen LogP contribution is -2.44. The van der Waals surface area contributed by atoms with Crippen molar-refractivity contribution in [2.24, 2.45) is 0 Å². The van der Waals surface area contributed by atoms with Crippen molar-refractivity contribution in [2.45, 2.75) is 37.8 Å². The number of anilines is 1. The van der Waals surface area contributed by atoms with Gasteiger partial charge >= 0.3 is 5.69 Å². The Hall–Kier alpha value is -2.20. The lowest BCUT2D eigenvalue weighted by molar-refractivity contribution is -0.384. The van der Waals surface area contributed by atoms with E-state index in [0.717, 1.165) is 19.3 Å². The molecule has 1 saturated carbocycles. The summed E-state index contributed by atoms with van der Waals surface area (Å²) in [6.45, 7) is 0. The number of aliphatic hydroxyl groups excluding tert-OH is 1. The van der Waals surface area contributed by atoms with Crippen LogP contribution in [0, 0.1) is 21.4 Å². The molecule has 1 N–H and O–H groups in total. The van der Waals surface area contributed by atoms with Crippen LogP contribution in [0.5, 0.6) is 0 Å². The topological polar surface area (TPSA) is 103 Å². The molecule has 2 atom stereocenters. The quantitative estimate of drug-likeness (QED) is 0.664. The molecule has 20 heavy (non-hydrogen) atoms. The number of likely N-dealkylation sites (N-methyl/N-ethyl adjacent to an activating group) is 1. The molecule has 106 valence electrons. The van der Waals surface area contributed by atoms with Crippen molar-refractivity contribution in [3.05, 3.63) is 27.9 Å². The maximum atomic E-state index is 11.1. The van der Waals surface area contributed by atoms with Crippen molar-refractivity contribution >= 4 is 11.5 Å². The van der Waals surface area contributed by atoms with Gasteiger partial charge < -0.3 is 10.0 Å². The summed E-state index contributed by atoms with van der Waals surface area (Å²) >= 11 is 0. The van der Waals surface area contributed by atoms with E-state index in [9.17, 15) is 15.2 Å². The van der Waals surface area contributed by atoms with Crippen molar-refractivity contribution in [1.82, 2.24) is 4.98 Å². The van der Waals surface area contributed by atoms with Crippen molar-refractivity contribution in [3.8, 4) is 6.07 Å². The molecule has 7 heteroatoms. The zero-order valence-electron chi connectivity index (χ0n) is 11.2. The van der Waals surface area contributed by atoms with Crippen LogP contribution < -0.4 is 4.90 Å². The van der Waals surface area contributed by atoms with E-state index in [1.807, 2.05) is 6.07 Å². The van der Waals surface area contributed by atoms with Crippen molar-refractivity contribution in [2.75, 3.05) is 11.9 Å². The van der Waals surface area contributed by atoms with E-state index < -0.39 is 11.0 Å². The number of nitro groups is 1. The van der Waals surface area contributed by atoms with E-state index in [1.54, 1.807) is 11.9 Å². The van der Waals surface area contributed by atoms with Gasteiger partial charge in [-0.15, -0.1) is 0 Å². The van der Waals surface area contributed by atoms with Crippen LogP contribution in [0.25, 0.3) is 0 Å². The molecular formula is C13H16N4O3. The summed E-state index contributed by atoms with van der Waals surface area (Å²) in [5.41, 5.74) is -0.0534. The second-order valence-electron chi connectivity index (χ2n) is 4.97. The average Bonchev–Trinajstić information content (AvgIpc) is 2.46. The van der Waals surface area contributed by atoms with E-state index in [4.69, 9.17) is 5.26 Å². The summed E-state index contributed by atoms with van der Waals surface area (Å²) in [5, 5.41) is 30.0. The van der Waals surface area contributed by atoms with Gasteiger partial charge in [0.15, 0.2) is 0 Å². The van der Waals surface area contributed by atoms with Gasteiger partial charge in [-0.25, -0.2) is 4.98 Å². The van der Waals surface area contributed by atoms with Crippen LogP contribution in [-0.4, -0.2) is 34.2 Å². The van der Waals surface area contributed by atoms with E-state index in [2.05, 4.69) is 4.98 Å². The highest BCUT2D eigenvalue weighted by Crippen LogP contribution is 2.31.